The van der Waals surface area contributed by atoms with E-state index in [0.29, 0.717) is 0 Å². The van der Waals surface area contributed by atoms with Crippen LogP contribution < -0.4 is 0 Å². The van der Waals surface area contributed by atoms with Crippen LogP contribution in [0.25, 0.3) is 0 Å². The van der Waals surface area contributed by atoms with Crippen molar-refractivity contribution in [2.24, 2.45) is 4.99 Å². The van der Waals surface area contributed by atoms with E-state index >= 15 is 0 Å². The summed E-state index contributed by atoms with van der Waals surface area (Å²) in [6, 6.07) is 0. The molecule has 0 atom stereocenters. The second kappa shape index (κ2) is 7.39. The van der Waals surface area contributed by atoms with Crippen molar-refractivity contribution in [3.63, 3.8) is 0 Å². The van der Waals surface area contributed by atoms with E-state index in [1.165, 1.54) is 16.4 Å². The first-order valence-corrected chi connectivity index (χ1v) is 9.14. The average Bonchev–Trinajstić information content (AvgIpc) is 2.85. The standard InChI is InChI=1S/C16H23NS2/c1-3-8-15-17-16(10-5-6-11-16)13-14(18-4-2)9-7-12-19-15/h5-7,9,13H,3-4,8,10-12H2,1-2H3. The SMILES string of the molecule is CCCC1=NC2(C=C(SCC)C=CCS1)CC=CC2. The van der Waals surface area contributed by atoms with E-state index < -0.39 is 0 Å². The zero-order valence-corrected chi connectivity index (χ0v) is 13.5. The van der Waals surface area contributed by atoms with Crippen LogP contribution in [0, 0.1) is 0 Å². The molecule has 0 amide bonds. The van der Waals surface area contributed by atoms with E-state index in [4.69, 9.17) is 4.99 Å². The van der Waals surface area contributed by atoms with Crippen molar-refractivity contribution >= 4 is 28.6 Å². The fourth-order valence-corrected chi connectivity index (χ4v) is 4.21. The highest BCUT2D eigenvalue weighted by Gasteiger charge is 2.29. The maximum atomic E-state index is 5.14. The van der Waals surface area contributed by atoms with Crippen molar-refractivity contribution in [2.75, 3.05) is 11.5 Å². The van der Waals surface area contributed by atoms with Crippen LogP contribution >= 0.6 is 23.5 Å². The van der Waals surface area contributed by atoms with Gasteiger partial charge < -0.3 is 0 Å². The van der Waals surface area contributed by atoms with Crippen LogP contribution in [0.2, 0.25) is 0 Å². The van der Waals surface area contributed by atoms with Gasteiger partial charge in [-0.25, -0.2) is 0 Å². The summed E-state index contributed by atoms with van der Waals surface area (Å²) in [5.74, 6) is 2.17. The van der Waals surface area contributed by atoms with Gasteiger partial charge >= 0.3 is 0 Å². The Balaban J connectivity index is 2.31. The van der Waals surface area contributed by atoms with Crippen LogP contribution in [-0.2, 0) is 0 Å². The fourth-order valence-electron chi connectivity index (χ4n) is 2.40. The molecule has 0 bridgehead atoms. The largest absolute Gasteiger partial charge is 0.271 e. The lowest BCUT2D eigenvalue weighted by atomic mass is 9.96. The van der Waals surface area contributed by atoms with Gasteiger partial charge in [0.25, 0.3) is 0 Å². The van der Waals surface area contributed by atoms with Gasteiger partial charge in [0, 0.05) is 10.7 Å². The third kappa shape index (κ3) is 4.28. The molecule has 0 aromatic heterocycles. The quantitative estimate of drug-likeness (QED) is 0.659. The predicted octanol–water partition coefficient (Wildman–Crippen LogP) is 5.21. The van der Waals surface area contributed by atoms with Gasteiger partial charge in [0.15, 0.2) is 0 Å². The third-order valence-electron chi connectivity index (χ3n) is 3.27. The highest BCUT2D eigenvalue weighted by Crippen LogP contribution is 2.35. The molecule has 104 valence electrons. The summed E-state index contributed by atoms with van der Waals surface area (Å²) in [4.78, 5) is 6.52. The fraction of sp³-hybridized carbons (Fsp3) is 0.562. The Morgan fingerprint density at radius 2 is 2.05 bits per heavy atom. The van der Waals surface area contributed by atoms with E-state index in [1.54, 1.807) is 0 Å². The highest BCUT2D eigenvalue weighted by atomic mass is 32.2. The molecule has 3 heteroatoms. The Labute approximate surface area is 125 Å². The van der Waals surface area contributed by atoms with Crippen molar-refractivity contribution in [1.29, 1.82) is 0 Å². The molecule has 19 heavy (non-hydrogen) atoms. The number of hydrogen-bond donors (Lipinski definition) is 0. The molecule has 2 aliphatic rings. The van der Waals surface area contributed by atoms with Gasteiger partial charge in [0.2, 0.25) is 0 Å². The van der Waals surface area contributed by atoms with Crippen molar-refractivity contribution in [2.45, 2.75) is 45.1 Å². The van der Waals surface area contributed by atoms with Gasteiger partial charge in [0.05, 0.1) is 10.6 Å². The average molecular weight is 294 g/mol. The number of aliphatic imine (C=N–C) groups is 1. The van der Waals surface area contributed by atoms with Crippen LogP contribution in [0.3, 0.4) is 0 Å². The first-order valence-electron chi connectivity index (χ1n) is 7.17. The molecule has 1 aliphatic heterocycles. The minimum absolute atomic E-state index is 0.00366. The van der Waals surface area contributed by atoms with E-state index in [1.807, 2.05) is 23.5 Å². The Morgan fingerprint density at radius 1 is 1.26 bits per heavy atom. The van der Waals surface area contributed by atoms with Crippen molar-refractivity contribution in [3.05, 3.63) is 35.3 Å². The van der Waals surface area contributed by atoms with Crippen LogP contribution in [0.5, 0.6) is 0 Å². The Morgan fingerprint density at radius 3 is 2.74 bits per heavy atom. The van der Waals surface area contributed by atoms with Gasteiger partial charge in [0.1, 0.15) is 0 Å². The smallest absolute Gasteiger partial charge is 0.0879 e. The molecule has 1 aliphatic carbocycles. The molecule has 0 unspecified atom stereocenters. The van der Waals surface area contributed by atoms with Crippen molar-refractivity contribution in [3.8, 4) is 0 Å². The van der Waals surface area contributed by atoms with Crippen LogP contribution in [-0.4, -0.2) is 22.1 Å². The minimum Gasteiger partial charge on any atom is -0.271 e. The number of thioether (sulfide) groups is 2. The summed E-state index contributed by atoms with van der Waals surface area (Å²) in [5.41, 5.74) is 0.00366. The topological polar surface area (TPSA) is 12.4 Å². The summed E-state index contributed by atoms with van der Waals surface area (Å²) in [5, 5.41) is 1.33. The highest BCUT2D eigenvalue weighted by molar-refractivity contribution is 8.14. The van der Waals surface area contributed by atoms with Gasteiger partial charge in [-0.2, -0.15) is 0 Å². The van der Waals surface area contributed by atoms with Gasteiger partial charge in [-0.15, -0.1) is 23.5 Å². The number of hydrogen-bond acceptors (Lipinski definition) is 3. The number of nitrogens with zero attached hydrogens (tertiary/aromatic N) is 1. The molecule has 0 N–H and O–H groups in total. The molecular formula is C16H23NS2. The molecule has 1 spiro atoms. The summed E-state index contributed by atoms with van der Waals surface area (Å²) in [7, 11) is 0. The lowest BCUT2D eigenvalue weighted by molar-refractivity contribution is 0.574. The van der Waals surface area contributed by atoms with Crippen molar-refractivity contribution in [1.82, 2.24) is 0 Å². The normalized spacial score (nSPS) is 21.8. The number of rotatable bonds is 4. The van der Waals surface area contributed by atoms with Crippen LogP contribution in [0.15, 0.2) is 40.3 Å². The van der Waals surface area contributed by atoms with Crippen LogP contribution in [0.4, 0.5) is 0 Å². The summed E-state index contributed by atoms with van der Waals surface area (Å²) < 4.78 is 0. The molecule has 0 aromatic rings. The van der Waals surface area contributed by atoms with Crippen molar-refractivity contribution < 1.29 is 0 Å². The third-order valence-corrected chi connectivity index (χ3v) is 5.13. The molecule has 2 rings (SSSR count). The first-order chi connectivity index (χ1) is 9.28. The Bertz CT molecular complexity index is 410. The molecule has 0 fully saturated rings. The van der Waals surface area contributed by atoms with E-state index in [9.17, 15) is 0 Å². The van der Waals surface area contributed by atoms with E-state index in [2.05, 4.69) is 44.2 Å². The Hall–Kier alpha value is -0.410. The monoisotopic (exact) mass is 293 g/mol. The van der Waals surface area contributed by atoms with E-state index in [-0.39, 0.29) is 5.54 Å². The molecule has 1 nitrogen and oxygen atoms in total. The molecular weight excluding hydrogens is 270 g/mol. The predicted molar refractivity (Wildman–Crippen MR) is 91.3 cm³/mol. The summed E-state index contributed by atoms with van der Waals surface area (Å²) in [6.45, 7) is 4.45. The molecule has 0 aromatic carbocycles. The lowest BCUT2D eigenvalue weighted by Crippen LogP contribution is -2.21. The number of allylic oxidation sites excluding steroid dienone is 1. The maximum Gasteiger partial charge on any atom is 0.0879 e. The van der Waals surface area contributed by atoms with Gasteiger partial charge in [-0.3, -0.25) is 4.99 Å². The Kier molecular flexibility index (Phi) is 5.83. The summed E-state index contributed by atoms with van der Waals surface area (Å²) in [6.07, 6.45) is 15.9. The molecule has 1 heterocycles. The second-order valence-corrected chi connectivity index (χ2v) is 7.36. The molecule has 0 saturated heterocycles. The van der Waals surface area contributed by atoms with E-state index in [0.717, 1.165) is 30.8 Å². The maximum absolute atomic E-state index is 5.14. The lowest BCUT2D eigenvalue weighted by Gasteiger charge is -2.22. The molecule has 0 saturated carbocycles. The summed E-state index contributed by atoms with van der Waals surface area (Å²) >= 11 is 3.84. The zero-order valence-electron chi connectivity index (χ0n) is 11.9. The van der Waals surface area contributed by atoms with Gasteiger partial charge in [-0.05, 0) is 31.1 Å². The zero-order chi connectivity index (χ0) is 13.6. The van der Waals surface area contributed by atoms with Crippen LogP contribution in [0.1, 0.15) is 39.5 Å². The first kappa shape index (κ1) is 15.0. The second-order valence-electron chi connectivity index (χ2n) is 4.93. The molecule has 0 radical (unpaired) electrons. The minimum atomic E-state index is 0.00366. The van der Waals surface area contributed by atoms with Gasteiger partial charge in [-0.1, -0.05) is 44.6 Å².